The molecule has 0 amide bonds. The van der Waals surface area contributed by atoms with Crippen LogP contribution in [0.5, 0.6) is 0 Å². The van der Waals surface area contributed by atoms with Crippen LogP contribution in [0.15, 0.2) is 93.9 Å². The molecule has 0 bridgehead atoms. The quantitative estimate of drug-likeness (QED) is 0.418. The third-order valence-corrected chi connectivity index (χ3v) is 7.56. The van der Waals surface area contributed by atoms with E-state index in [0.717, 1.165) is 27.8 Å². The molecule has 5 aromatic rings. The van der Waals surface area contributed by atoms with Gasteiger partial charge in [0.1, 0.15) is 5.82 Å². The Morgan fingerprint density at radius 2 is 1.71 bits per heavy atom. The lowest BCUT2D eigenvalue weighted by atomic mass is 10.2. The standard InChI is InChI=1S/C22H15N5O2S2/c28-31(29,22-24-12-13-30-22)17-9-7-16(8-10-17)25-21-18-5-1-2-6-19(18)26-20(27-21)15-4-3-11-23-14-15/h1-14H,(H,25,26,27). The molecule has 5 rings (SSSR count). The van der Waals surface area contributed by atoms with E-state index >= 15 is 0 Å². The molecule has 0 aliphatic carbocycles. The Bertz CT molecular complexity index is 1450. The number of aromatic nitrogens is 4. The van der Waals surface area contributed by atoms with E-state index in [1.165, 1.54) is 6.20 Å². The third-order valence-electron chi connectivity index (χ3n) is 4.59. The van der Waals surface area contributed by atoms with E-state index in [-0.39, 0.29) is 9.24 Å². The van der Waals surface area contributed by atoms with Crippen molar-refractivity contribution in [2.45, 2.75) is 9.24 Å². The predicted molar refractivity (Wildman–Crippen MR) is 120 cm³/mol. The lowest BCUT2D eigenvalue weighted by molar-refractivity contribution is 0.595. The highest BCUT2D eigenvalue weighted by Gasteiger charge is 2.20. The first-order chi connectivity index (χ1) is 15.1. The van der Waals surface area contributed by atoms with Gasteiger partial charge in [0.15, 0.2) is 5.82 Å². The van der Waals surface area contributed by atoms with E-state index in [1.807, 2.05) is 36.4 Å². The van der Waals surface area contributed by atoms with Crippen LogP contribution in [0.2, 0.25) is 0 Å². The maximum Gasteiger partial charge on any atom is 0.233 e. The molecule has 3 heterocycles. The first kappa shape index (κ1) is 19.3. The third kappa shape index (κ3) is 3.76. The second-order valence-corrected chi connectivity index (χ2v) is 9.62. The maximum absolute atomic E-state index is 12.6. The van der Waals surface area contributed by atoms with Crippen molar-refractivity contribution in [3.8, 4) is 11.4 Å². The molecular formula is C22H15N5O2S2. The molecule has 0 aliphatic rings. The number of hydrogen-bond acceptors (Lipinski definition) is 8. The Labute approximate surface area is 182 Å². The van der Waals surface area contributed by atoms with Gasteiger partial charge in [-0.15, -0.1) is 11.3 Å². The van der Waals surface area contributed by atoms with Gasteiger partial charge in [0, 0.05) is 40.6 Å². The summed E-state index contributed by atoms with van der Waals surface area (Å²) in [6, 6.07) is 18.0. The summed E-state index contributed by atoms with van der Waals surface area (Å²) in [7, 11) is -3.62. The minimum absolute atomic E-state index is 0.0797. The van der Waals surface area contributed by atoms with Gasteiger partial charge in [0.2, 0.25) is 14.2 Å². The van der Waals surface area contributed by atoms with Crippen LogP contribution in [0.25, 0.3) is 22.3 Å². The van der Waals surface area contributed by atoms with Gasteiger partial charge in [-0.05, 0) is 48.5 Å². The molecular weight excluding hydrogens is 430 g/mol. The van der Waals surface area contributed by atoms with Crippen molar-refractivity contribution in [1.29, 1.82) is 0 Å². The van der Waals surface area contributed by atoms with Gasteiger partial charge < -0.3 is 5.32 Å². The highest BCUT2D eigenvalue weighted by Crippen LogP contribution is 2.28. The van der Waals surface area contributed by atoms with Gasteiger partial charge >= 0.3 is 0 Å². The lowest BCUT2D eigenvalue weighted by Gasteiger charge is -2.11. The second kappa shape index (κ2) is 7.86. The van der Waals surface area contributed by atoms with E-state index in [0.29, 0.717) is 17.3 Å². The van der Waals surface area contributed by atoms with Gasteiger partial charge in [-0.1, -0.05) is 12.1 Å². The van der Waals surface area contributed by atoms with Gasteiger partial charge in [-0.2, -0.15) is 0 Å². The summed E-state index contributed by atoms with van der Waals surface area (Å²) in [4.78, 5) is 17.6. The fourth-order valence-corrected chi connectivity index (χ4v) is 5.31. The fraction of sp³-hybridized carbons (Fsp3) is 0. The average molecular weight is 446 g/mol. The van der Waals surface area contributed by atoms with E-state index in [4.69, 9.17) is 0 Å². The number of pyridine rings is 1. The highest BCUT2D eigenvalue weighted by molar-refractivity contribution is 7.93. The van der Waals surface area contributed by atoms with Crippen LogP contribution in [0, 0.1) is 0 Å². The van der Waals surface area contributed by atoms with Crippen molar-refractivity contribution in [2.75, 3.05) is 5.32 Å². The van der Waals surface area contributed by atoms with E-state index in [2.05, 4.69) is 25.3 Å². The Balaban J connectivity index is 1.52. The number of benzene rings is 2. The normalized spacial score (nSPS) is 11.5. The van der Waals surface area contributed by atoms with E-state index < -0.39 is 9.84 Å². The number of thiazole rings is 1. The number of hydrogen-bond donors (Lipinski definition) is 1. The molecule has 0 aliphatic heterocycles. The SMILES string of the molecule is O=S(=O)(c1ccc(Nc2nc(-c3cccnc3)nc3ccccc23)cc1)c1nccs1. The zero-order valence-corrected chi connectivity index (χ0v) is 17.6. The van der Waals surface area contributed by atoms with Crippen LogP contribution in [0.4, 0.5) is 11.5 Å². The minimum atomic E-state index is -3.62. The summed E-state index contributed by atoms with van der Waals surface area (Å²) in [5.41, 5.74) is 2.31. The molecule has 0 unspecified atom stereocenters. The van der Waals surface area contributed by atoms with E-state index in [1.54, 1.807) is 42.0 Å². The molecule has 9 heteroatoms. The summed E-state index contributed by atoms with van der Waals surface area (Å²) < 4.78 is 25.4. The smallest absolute Gasteiger partial charge is 0.233 e. The number of rotatable bonds is 5. The largest absolute Gasteiger partial charge is 0.340 e. The van der Waals surface area contributed by atoms with Crippen LogP contribution in [0.1, 0.15) is 0 Å². The molecule has 31 heavy (non-hydrogen) atoms. The fourth-order valence-electron chi connectivity index (χ4n) is 3.09. The molecule has 3 aromatic heterocycles. The van der Waals surface area contributed by atoms with Gasteiger partial charge in [-0.25, -0.2) is 23.4 Å². The number of anilines is 2. The molecule has 0 saturated heterocycles. The van der Waals surface area contributed by atoms with E-state index in [9.17, 15) is 8.42 Å². The van der Waals surface area contributed by atoms with Crippen molar-refractivity contribution in [3.63, 3.8) is 0 Å². The predicted octanol–water partition coefficient (Wildman–Crippen LogP) is 4.72. The first-order valence-corrected chi connectivity index (χ1v) is 11.7. The first-order valence-electron chi connectivity index (χ1n) is 9.30. The summed E-state index contributed by atoms with van der Waals surface area (Å²) in [6.07, 6.45) is 4.89. The number of sulfone groups is 1. The molecule has 1 N–H and O–H groups in total. The molecule has 2 aromatic carbocycles. The van der Waals surface area contributed by atoms with Crippen LogP contribution in [-0.2, 0) is 9.84 Å². The van der Waals surface area contributed by atoms with Crippen LogP contribution < -0.4 is 5.32 Å². The second-order valence-electron chi connectivity index (χ2n) is 6.61. The molecule has 0 spiro atoms. The number of fused-ring (bicyclic) bond motifs is 1. The molecule has 0 radical (unpaired) electrons. The Hall–Kier alpha value is -3.69. The van der Waals surface area contributed by atoms with Crippen molar-refractivity contribution in [2.24, 2.45) is 0 Å². The van der Waals surface area contributed by atoms with Gasteiger partial charge in [0.25, 0.3) is 0 Å². The Kier molecular flexibility index (Phi) is 4.89. The van der Waals surface area contributed by atoms with Crippen molar-refractivity contribution in [3.05, 3.63) is 84.6 Å². The van der Waals surface area contributed by atoms with Gasteiger partial charge in [0.05, 0.1) is 10.4 Å². The molecule has 0 atom stereocenters. The average Bonchev–Trinajstić information content (AvgIpc) is 3.36. The Morgan fingerprint density at radius 3 is 2.45 bits per heavy atom. The van der Waals surface area contributed by atoms with Crippen LogP contribution in [0.3, 0.4) is 0 Å². The summed E-state index contributed by atoms with van der Waals surface area (Å²) >= 11 is 1.10. The minimum Gasteiger partial charge on any atom is -0.340 e. The number of nitrogens with zero attached hydrogens (tertiary/aromatic N) is 4. The van der Waals surface area contributed by atoms with Crippen molar-refractivity contribution in [1.82, 2.24) is 19.9 Å². The zero-order valence-electron chi connectivity index (χ0n) is 16.0. The zero-order chi connectivity index (χ0) is 21.3. The van der Waals surface area contributed by atoms with Crippen molar-refractivity contribution >= 4 is 43.6 Å². The molecule has 0 fully saturated rings. The maximum atomic E-state index is 12.6. The van der Waals surface area contributed by atoms with Crippen LogP contribution in [-0.4, -0.2) is 28.4 Å². The topological polar surface area (TPSA) is 97.7 Å². The summed E-state index contributed by atoms with van der Waals surface area (Å²) in [5.74, 6) is 1.18. The van der Waals surface area contributed by atoms with Crippen LogP contribution >= 0.6 is 11.3 Å². The molecule has 152 valence electrons. The molecule has 0 saturated carbocycles. The monoisotopic (exact) mass is 445 g/mol. The number of para-hydroxylation sites is 1. The molecule has 7 nitrogen and oxygen atoms in total. The Morgan fingerprint density at radius 1 is 0.871 bits per heavy atom. The van der Waals surface area contributed by atoms with Gasteiger partial charge in [-0.3, -0.25) is 4.98 Å². The van der Waals surface area contributed by atoms with Crippen molar-refractivity contribution < 1.29 is 8.42 Å². The lowest BCUT2D eigenvalue weighted by Crippen LogP contribution is -2.02. The summed E-state index contributed by atoms with van der Waals surface area (Å²) in [6.45, 7) is 0. The summed E-state index contributed by atoms with van der Waals surface area (Å²) in [5, 5.41) is 5.79. The number of nitrogens with one attached hydrogen (secondary N) is 1. The highest BCUT2D eigenvalue weighted by atomic mass is 32.2.